The molecule has 3 aromatic rings. The predicted octanol–water partition coefficient (Wildman–Crippen LogP) is 4.70. The number of carbonyl (C=O) groups is 1. The molecule has 0 aliphatic rings. The number of rotatable bonds is 3. The van der Waals surface area contributed by atoms with Gasteiger partial charge in [0.15, 0.2) is 0 Å². The Hall–Kier alpha value is -2.81. The zero-order chi connectivity index (χ0) is 15.5. The van der Waals surface area contributed by atoms with E-state index >= 15 is 0 Å². The molecular weight excluding hydrogens is 274 g/mol. The third-order valence-electron chi connectivity index (χ3n) is 3.71. The molecule has 0 saturated carbocycles. The normalized spacial score (nSPS) is 11.2. The Labute approximate surface area is 129 Å². The second-order valence-corrected chi connectivity index (χ2v) is 5.26. The third-order valence-corrected chi connectivity index (χ3v) is 3.71. The number of anilines is 1. The van der Waals surface area contributed by atoms with Gasteiger partial charge in [-0.2, -0.15) is 0 Å². The molecule has 3 nitrogen and oxygen atoms in total. The fraction of sp³-hybridized carbons (Fsp3) is 0.105. The van der Waals surface area contributed by atoms with E-state index in [1.54, 1.807) is 6.08 Å². The van der Waals surface area contributed by atoms with Gasteiger partial charge in [0, 0.05) is 17.1 Å². The molecule has 0 bridgehead atoms. The van der Waals surface area contributed by atoms with Crippen molar-refractivity contribution >= 4 is 28.6 Å². The summed E-state index contributed by atoms with van der Waals surface area (Å²) in [6.07, 6.45) is 3.17. The third kappa shape index (κ3) is 2.93. The van der Waals surface area contributed by atoms with Crippen molar-refractivity contribution in [3.05, 3.63) is 71.5 Å². The molecule has 0 aliphatic heterocycles. The van der Waals surface area contributed by atoms with Crippen LogP contribution in [0.2, 0.25) is 0 Å². The molecule has 0 aliphatic carbocycles. The van der Waals surface area contributed by atoms with E-state index in [1.165, 1.54) is 6.08 Å². The van der Waals surface area contributed by atoms with Crippen molar-refractivity contribution in [2.24, 2.45) is 0 Å². The first-order valence-corrected chi connectivity index (χ1v) is 7.17. The quantitative estimate of drug-likeness (QED) is 0.711. The molecule has 0 saturated heterocycles. The number of para-hydroxylation sites is 1. The summed E-state index contributed by atoms with van der Waals surface area (Å²) in [5.41, 5.74) is 3.88. The molecule has 1 amide bonds. The highest BCUT2D eigenvalue weighted by molar-refractivity contribution is 6.02. The Bertz CT molecular complexity index is 826. The number of benzene rings is 2. The average molecular weight is 291 g/mol. The summed E-state index contributed by atoms with van der Waals surface area (Å²) in [7, 11) is 0. The van der Waals surface area contributed by atoms with Gasteiger partial charge in [-0.1, -0.05) is 30.3 Å². The first-order chi connectivity index (χ1) is 10.6. The maximum absolute atomic E-state index is 12.0. The fourth-order valence-corrected chi connectivity index (χ4v) is 2.30. The molecule has 22 heavy (non-hydrogen) atoms. The van der Waals surface area contributed by atoms with Crippen molar-refractivity contribution in [3.63, 3.8) is 0 Å². The number of carbonyl (C=O) groups excluding carboxylic acids is 1. The Balaban J connectivity index is 1.74. The van der Waals surface area contributed by atoms with E-state index in [9.17, 15) is 4.79 Å². The summed E-state index contributed by atoms with van der Waals surface area (Å²) in [5.74, 6) is 0.492. The highest BCUT2D eigenvalue weighted by Crippen LogP contribution is 2.20. The number of aryl methyl sites for hydroxylation is 1. The Kier molecular flexibility index (Phi) is 3.79. The van der Waals surface area contributed by atoms with Crippen LogP contribution in [-0.4, -0.2) is 5.91 Å². The number of fused-ring (bicyclic) bond motifs is 1. The van der Waals surface area contributed by atoms with Gasteiger partial charge < -0.3 is 9.73 Å². The predicted molar refractivity (Wildman–Crippen MR) is 89.8 cm³/mol. The molecule has 3 heteroatoms. The van der Waals surface area contributed by atoms with Gasteiger partial charge in [0.25, 0.3) is 0 Å². The van der Waals surface area contributed by atoms with Crippen molar-refractivity contribution < 1.29 is 9.21 Å². The van der Waals surface area contributed by atoms with Crippen molar-refractivity contribution in [1.82, 2.24) is 0 Å². The minimum absolute atomic E-state index is 0.172. The van der Waals surface area contributed by atoms with Gasteiger partial charge in [0.05, 0.1) is 0 Å². The van der Waals surface area contributed by atoms with Crippen LogP contribution in [0, 0.1) is 13.8 Å². The summed E-state index contributed by atoms with van der Waals surface area (Å²) in [6.45, 7) is 4.02. The lowest BCUT2D eigenvalue weighted by molar-refractivity contribution is -0.111. The van der Waals surface area contributed by atoms with Crippen molar-refractivity contribution in [2.45, 2.75) is 13.8 Å². The monoisotopic (exact) mass is 291 g/mol. The van der Waals surface area contributed by atoms with Crippen LogP contribution in [0.3, 0.4) is 0 Å². The lowest BCUT2D eigenvalue weighted by Gasteiger charge is -2.08. The second-order valence-electron chi connectivity index (χ2n) is 5.26. The van der Waals surface area contributed by atoms with Crippen LogP contribution in [-0.2, 0) is 4.79 Å². The second kappa shape index (κ2) is 5.90. The molecule has 1 heterocycles. The molecule has 110 valence electrons. The van der Waals surface area contributed by atoms with E-state index in [0.717, 1.165) is 27.8 Å². The number of hydrogen-bond acceptors (Lipinski definition) is 2. The number of hydrogen-bond donors (Lipinski definition) is 1. The van der Waals surface area contributed by atoms with Gasteiger partial charge in [0.2, 0.25) is 5.91 Å². The topological polar surface area (TPSA) is 42.2 Å². The number of nitrogens with one attached hydrogen (secondary N) is 1. The van der Waals surface area contributed by atoms with Crippen LogP contribution in [0.5, 0.6) is 0 Å². The van der Waals surface area contributed by atoms with E-state index in [1.807, 2.05) is 62.4 Å². The Morgan fingerprint density at radius 3 is 2.73 bits per heavy atom. The molecule has 1 aromatic heterocycles. The summed E-state index contributed by atoms with van der Waals surface area (Å²) in [6, 6.07) is 15.5. The maximum atomic E-state index is 12.0. The van der Waals surface area contributed by atoms with Gasteiger partial charge in [-0.3, -0.25) is 4.79 Å². The summed E-state index contributed by atoms with van der Waals surface area (Å²) < 4.78 is 5.64. The van der Waals surface area contributed by atoms with Crippen molar-refractivity contribution in [1.29, 1.82) is 0 Å². The zero-order valence-corrected chi connectivity index (χ0v) is 12.6. The van der Waals surface area contributed by atoms with Gasteiger partial charge in [-0.15, -0.1) is 0 Å². The summed E-state index contributed by atoms with van der Waals surface area (Å²) >= 11 is 0. The van der Waals surface area contributed by atoms with Crippen LogP contribution in [0.1, 0.15) is 16.9 Å². The largest absolute Gasteiger partial charge is 0.457 e. The first-order valence-electron chi connectivity index (χ1n) is 7.17. The first kappa shape index (κ1) is 14.1. The number of amides is 1. The lowest BCUT2D eigenvalue weighted by Crippen LogP contribution is -2.09. The van der Waals surface area contributed by atoms with Gasteiger partial charge >= 0.3 is 0 Å². The van der Waals surface area contributed by atoms with Crippen LogP contribution in [0.25, 0.3) is 17.0 Å². The zero-order valence-electron chi connectivity index (χ0n) is 12.6. The molecule has 3 rings (SSSR count). The van der Waals surface area contributed by atoms with Crippen LogP contribution in [0.15, 0.2) is 59.0 Å². The van der Waals surface area contributed by atoms with Crippen molar-refractivity contribution in [3.8, 4) is 0 Å². The van der Waals surface area contributed by atoms with E-state index in [4.69, 9.17) is 4.42 Å². The Morgan fingerprint density at radius 1 is 1.09 bits per heavy atom. The lowest BCUT2D eigenvalue weighted by atomic mass is 10.1. The van der Waals surface area contributed by atoms with E-state index < -0.39 is 0 Å². The molecule has 0 atom stereocenters. The van der Waals surface area contributed by atoms with Crippen LogP contribution in [0.4, 0.5) is 5.69 Å². The van der Waals surface area contributed by atoms with E-state index in [2.05, 4.69) is 5.32 Å². The Morgan fingerprint density at radius 2 is 1.91 bits per heavy atom. The van der Waals surface area contributed by atoms with Crippen molar-refractivity contribution in [2.75, 3.05) is 5.32 Å². The molecular formula is C19H17NO2. The average Bonchev–Trinajstić information content (AvgIpc) is 2.93. The molecule has 0 unspecified atom stereocenters. The highest BCUT2D eigenvalue weighted by Gasteiger charge is 2.04. The minimum atomic E-state index is -0.172. The molecule has 0 radical (unpaired) electrons. The smallest absolute Gasteiger partial charge is 0.248 e. The molecule has 1 N–H and O–H groups in total. The summed E-state index contributed by atoms with van der Waals surface area (Å²) in [4.78, 5) is 12.0. The molecule has 0 spiro atoms. The van der Waals surface area contributed by atoms with Gasteiger partial charge in [-0.05, 0) is 49.2 Å². The SMILES string of the molecule is Cc1cccc(NC(=O)/C=C/c2cc3ccccc3o2)c1C. The van der Waals surface area contributed by atoms with Crippen LogP contribution < -0.4 is 5.32 Å². The van der Waals surface area contributed by atoms with Gasteiger partial charge in [-0.25, -0.2) is 0 Å². The fourth-order valence-electron chi connectivity index (χ4n) is 2.30. The van der Waals surface area contributed by atoms with E-state index in [0.29, 0.717) is 5.76 Å². The highest BCUT2D eigenvalue weighted by atomic mass is 16.3. The molecule has 2 aromatic carbocycles. The van der Waals surface area contributed by atoms with Gasteiger partial charge in [0.1, 0.15) is 11.3 Å². The maximum Gasteiger partial charge on any atom is 0.248 e. The molecule has 0 fully saturated rings. The van der Waals surface area contributed by atoms with Crippen LogP contribution >= 0.6 is 0 Å². The summed E-state index contributed by atoms with van der Waals surface area (Å²) in [5, 5.41) is 3.91. The number of furan rings is 1. The minimum Gasteiger partial charge on any atom is -0.457 e. The standard InChI is InChI=1S/C19H17NO2/c1-13-6-5-8-17(14(13)2)20-19(21)11-10-16-12-15-7-3-4-9-18(15)22-16/h3-12H,1-2H3,(H,20,21)/b11-10+. The van der Waals surface area contributed by atoms with E-state index in [-0.39, 0.29) is 5.91 Å².